The number of nitrogens with one attached hydrogen (secondary N) is 2. The minimum Gasteiger partial charge on any atom is -0.369 e. The molecule has 0 saturated carbocycles. The van der Waals surface area contributed by atoms with Crippen LogP contribution in [0.25, 0.3) is 11.0 Å². The van der Waals surface area contributed by atoms with Crippen LogP contribution in [0.4, 0.5) is 5.95 Å². The van der Waals surface area contributed by atoms with Crippen molar-refractivity contribution in [2.45, 2.75) is 6.29 Å². The molecule has 6 N–H and O–H groups in total. The van der Waals surface area contributed by atoms with E-state index < -0.39 is 11.8 Å². The Kier molecular flexibility index (Phi) is 1.76. The van der Waals surface area contributed by atoms with Gasteiger partial charge in [0.1, 0.15) is 5.65 Å². The molecular formula is C7H8N4O3. The van der Waals surface area contributed by atoms with Crippen LogP contribution in [0, 0.1) is 0 Å². The summed E-state index contributed by atoms with van der Waals surface area (Å²) in [7, 11) is 0. The maximum absolute atomic E-state index is 11.3. The zero-order chi connectivity index (χ0) is 10.3. The lowest BCUT2D eigenvalue weighted by molar-refractivity contribution is -0.0453. The number of hydrogen-bond donors (Lipinski definition) is 5. The number of nitrogens with zero attached hydrogens (tertiary/aromatic N) is 1. The molecule has 0 atom stereocenters. The van der Waals surface area contributed by atoms with Gasteiger partial charge in [-0.15, -0.1) is 0 Å². The van der Waals surface area contributed by atoms with Crippen LogP contribution in [-0.4, -0.2) is 25.2 Å². The van der Waals surface area contributed by atoms with E-state index in [-0.39, 0.29) is 22.7 Å². The highest BCUT2D eigenvalue weighted by Crippen LogP contribution is 2.13. The number of fused-ring (bicyclic) bond motifs is 1. The van der Waals surface area contributed by atoms with Gasteiger partial charge in [0.05, 0.1) is 11.1 Å². The molecule has 2 heterocycles. The number of anilines is 1. The summed E-state index contributed by atoms with van der Waals surface area (Å²) in [6.07, 6.45) is -1.66. The van der Waals surface area contributed by atoms with Gasteiger partial charge in [0.2, 0.25) is 5.95 Å². The van der Waals surface area contributed by atoms with Gasteiger partial charge in [-0.3, -0.25) is 9.78 Å². The van der Waals surface area contributed by atoms with Crippen LogP contribution in [-0.2, 0) is 0 Å². The molecule has 2 aromatic heterocycles. The van der Waals surface area contributed by atoms with Crippen molar-refractivity contribution in [1.82, 2.24) is 15.0 Å². The maximum Gasteiger partial charge on any atom is 0.261 e. The maximum atomic E-state index is 11.3. The standard InChI is InChI=1S/C7H8N4O3/c8-7-10-4-2(5(12)11-7)1-3(9-4)6(13)14/h1,6,13-14H,(H4,8,9,10,11,12). The molecule has 0 amide bonds. The van der Waals surface area contributed by atoms with E-state index in [0.29, 0.717) is 0 Å². The summed E-state index contributed by atoms with van der Waals surface area (Å²) < 4.78 is 0. The fourth-order valence-corrected chi connectivity index (χ4v) is 1.20. The Morgan fingerprint density at radius 2 is 2.14 bits per heavy atom. The molecule has 2 aromatic rings. The first-order valence-electron chi connectivity index (χ1n) is 3.82. The average molecular weight is 196 g/mol. The topological polar surface area (TPSA) is 128 Å². The predicted molar refractivity (Wildman–Crippen MR) is 48.3 cm³/mol. The molecule has 14 heavy (non-hydrogen) atoms. The number of hydrogen-bond acceptors (Lipinski definition) is 5. The summed E-state index contributed by atoms with van der Waals surface area (Å²) in [6, 6.07) is 1.31. The van der Waals surface area contributed by atoms with Crippen molar-refractivity contribution in [2.75, 3.05) is 5.73 Å². The number of nitrogen functional groups attached to an aromatic ring is 1. The molecule has 7 heteroatoms. The zero-order valence-corrected chi connectivity index (χ0v) is 6.98. The van der Waals surface area contributed by atoms with Gasteiger partial charge in [0, 0.05) is 0 Å². The normalized spacial score (nSPS) is 11.4. The first-order valence-corrected chi connectivity index (χ1v) is 3.82. The van der Waals surface area contributed by atoms with Crippen LogP contribution in [0.3, 0.4) is 0 Å². The second kappa shape index (κ2) is 2.82. The van der Waals surface area contributed by atoms with Crippen molar-refractivity contribution < 1.29 is 10.2 Å². The summed E-state index contributed by atoms with van der Waals surface area (Å²) in [5, 5.41) is 17.9. The van der Waals surface area contributed by atoms with Crippen LogP contribution < -0.4 is 11.3 Å². The number of aromatic amines is 2. The van der Waals surface area contributed by atoms with E-state index in [0.717, 1.165) is 0 Å². The molecule has 7 nitrogen and oxygen atoms in total. The van der Waals surface area contributed by atoms with E-state index in [1.54, 1.807) is 0 Å². The lowest BCUT2D eigenvalue weighted by Crippen LogP contribution is -2.09. The molecule has 2 rings (SSSR count). The first-order chi connectivity index (χ1) is 6.58. The Bertz CT molecular complexity index is 527. The second-order valence-electron chi connectivity index (χ2n) is 2.81. The van der Waals surface area contributed by atoms with Crippen molar-refractivity contribution in [3.8, 4) is 0 Å². The Hall–Kier alpha value is -1.86. The first kappa shape index (κ1) is 8.73. The Morgan fingerprint density at radius 1 is 1.43 bits per heavy atom. The van der Waals surface area contributed by atoms with E-state index in [4.69, 9.17) is 15.9 Å². The lowest BCUT2D eigenvalue weighted by atomic mass is 10.3. The van der Waals surface area contributed by atoms with Gasteiger partial charge in [-0.2, -0.15) is 4.98 Å². The van der Waals surface area contributed by atoms with Gasteiger partial charge in [-0.25, -0.2) is 0 Å². The third kappa shape index (κ3) is 1.24. The molecule has 0 radical (unpaired) electrons. The highest BCUT2D eigenvalue weighted by molar-refractivity contribution is 5.76. The van der Waals surface area contributed by atoms with Crippen LogP contribution >= 0.6 is 0 Å². The third-order valence-corrected chi connectivity index (χ3v) is 1.81. The smallest absolute Gasteiger partial charge is 0.261 e. The van der Waals surface area contributed by atoms with Gasteiger partial charge < -0.3 is 20.9 Å². The van der Waals surface area contributed by atoms with Gasteiger partial charge in [0.25, 0.3) is 5.56 Å². The van der Waals surface area contributed by atoms with Crippen molar-refractivity contribution >= 4 is 17.0 Å². The predicted octanol–water partition coefficient (Wildman–Crippen LogP) is -1.18. The van der Waals surface area contributed by atoms with Gasteiger partial charge in [0.15, 0.2) is 6.29 Å². The van der Waals surface area contributed by atoms with Crippen molar-refractivity contribution in [3.05, 3.63) is 22.1 Å². The summed E-state index contributed by atoms with van der Waals surface area (Å²) >= 11 is 0. The number of nitrogens with two attached hydrogens (primary N) is 1. The molecule has 74 valence electrons. The SMILES string of the molecule is Nc1nc2[nH]c(C(O)O)cc2c(=O)[nH]1. The van der Waals surface area contributed by atoms with Crippen LogP contribution in [0.2, 0.25) is 0 Å². The largest absolute Gasteiger partial charge is 0.369 e. The van der Waals surface area contributed by atoms with Crippen LogP contribution in [0.5, 0.6) is 0 Å². The molecule has 0 aliphatic heterocycles. The number of H-pyrrole nitrogens is 2. The number of aliphatic hydroxyl groups excluding tert-OH is 1. The number of rotatable bonds is 1. The minimum absolute atomic E-state index is 0.0247. The lowest BCUT2D eigenvalue weighted by Gasteiger charge is -1.96. The monoisotopic (exact) mass is 196 g/mol. The highest BCUT2D eigenvalue weighted by Gasteiger charge is 2.10. The molecule has 0 aliphatic carbocycles. The number of aliphatic hydroxyl groups is 2. The molecule has 0 spiro atoms. The van der Waals surface area contributed by atoms with Crippen molar-refractivity contribution in [1.29, 1.82) is 0 Å². The fourth-order valence-electron chi connectivity index (χ4n) is 1.20. The van der Waals surface area contributed by atoms with Gasteiger partial charge in [-0.05, 0) is 6.07 Å². The summed E-state index contributed by atoms with van der Waals surface area (Å²) in [5.41, 5.74) is 5.21. The Morgan fingerprint density at radius 3 is 2.79 bits per heavy atom. The minimum atomic E-state index is -1.66. The van der Waals surface area contributed by atoms with Crippen molar-refractivity contribution in [2.24, 2.45) is 0 Å². The average Bonchev–Trinajstić information content (AvgIpc) is 2.47. The molecule has 0 aromatic carbocycles. The molecular weight excluding hydrogens is 188 g/mol. The van der Waals surface area contributed by atoms with E-state index in [9.17, 15) is 4.79 Å². The summed E-state index contributed by atoms with van der Waals surface area (Å²) in [4.78, 5) is 19.9. The Labute approximate surface area is 77.2 Å². The van der Waals surface area contributed by atoms with Crippen molar-refractivity contribution in [3.63, 3.8) is 0 Å². The van der Waals surface area contributed by atoms with E-state index in [2.05, 4.69) is 15.0 Å². The highest BCUT2D eigenvalue weighted by atomic mass is 16.5. The van der Waals surface area contributed by atoms with Crippen LogP contribution in [0.1, 0.15) is 12.0 Å². The molecule has 0 fully saturated rings. The summed E-state index contributed by atoms with van der Waals surface area (Å²) in [6.45, 7) is 0. The molecule has 0 saturated heterocycles. The Balaban J connectivity index is 2.77. The molecule has 0 aliphatic rings. The van der Waals surface area contributed by atoms with Gasteiger partial charge >= 0.3 is 0 Å². The molecule has 0 unspecified atom stereocenters. The van der Waals surface area contributed by atoms with Gasteiger partial charge in [-0.1, -0.05) is 0 Å². The summed E-state index contributed by atoms with van der Waals surface area (Å²) in [5.74, 6) is -0.0247. The fraction of sp³-hybridized carbons (Fsp3) is 0.143. The number of aromatic nitrogens is 3. The third-order valence-electron chi connectivity index (χ3n) is 1.81. The zero-order valence-electron chi connectivity index (χ0n) is 6.98. The quantitative estimate of drug-likeness (QED) is 0.366. The van der Waals surface area contributed by atoms with E-state index >= 15 is 0 Å². The van der Waals surface area contributed by atoms with Crippen LogP contribution in [0.15, 0.2) is 10.9 Å². The van der Waals surface area contributed by atoms with E-state index in [1.807, 2.05) is 0 Å². The second-order valence-corrected chi connectivity index (χ2v) is 2.81. The molecule has 0 bridgehead atoms. The van der Waals surface area contributed by atoms with E-state index in [1.165, 1.54) is 6.07 Å².